The number of fused-ring (bicyclic) bond motifs is 1. The van der Waals surface area contributed by atoms with E-state index < -0.39 is 5.97 Å². The lowest BCUT2D eigenvalue weighted by molar-refractivity contribution is -0.137. The van der Waals surface area contributed by atoms with Crippen molar-refractivity contribution in [2.45, 2.75) is 6.54 Å². The Kier molecular flexibility index (Phi) is 2.03. The molecule has 0 atom stereocenters. The van der Waals surface area contributed by atoms with Crippen LogP contribution in [0.4, 0.5) is 0 Å². The van der Waals surface area contributed by atoms with Crippen molar-refractivity contribution < 1.29 is 9.90 Å². The Labute approximate surface area is 84.4 Å². The number of aliphatic carboxylic acids is 1. The Morgan fingerprint density at radius 2 is 2.33 bits per heavy atom. The number of rotatable bonds is 2. The number of nitrogens with zero attached hydrogens (tertiary/aromatic N) is 3. The molecule has 6 heteroatoms. The summed E-state index contributed by atoms with van der Waals surface area (Å²) in [5.41, 5.74) is 0.365. The van der Waals surface area contributed by atoms with E-state index in [-0.39, 0.29) is 12.1 Å². The van der Waals surface area contributed by atoms with E-state index in [4.69, 9.17) is 5.11 Å². The third-order valence-corrected chi connectivity index (χ3v) is 2.17. The van der Waals surface area contributed by atoms with E-state index in [2.05, 4.69) is 5.10 Å². The minimum Gasteiger partial charge on any atom is -0.480 e. The summed E-state index contributed by atoms with van der Waals surface area (Å²) in [6, 6.07) is 1.67. The Morgan fingerprint density at radius 3 is 3.00 bits per heavy atom. The molecule has 0 aliphatic carbocycles. The normalized spacial score (nSPS) is 10.7. The van der Waals surface area contributed by atoms with Crippen molar-refractivity contribution in [3.05, 3.63) is 28.8 Å². The molecule has 0 aromatic carbocycles. The zero-order chi connectivity index (χ0) is 11.0. The fourth-order valence-corrected chi connectivity index (χ4v) is 1.43. The predicted octanol–water partition coefficient (Wildman–Crippen LogP) is -0.180. The summed E-state index contributed by atoms with van der Waals surface area (Å²) in [5, 5.41) is 12.9. The Balaban J connectivity index is 2.67. The van der Waals surface area contributed by atoms with Crippen LogP contribution in [0.25, 0.3) is 10.9 Å². The maximum absolute atomic E-state index is 11.6. The van der Waals surface area contributed by atoms with Gasteiger partial charge in [-0.25, -0.2) is 0 Å². The summed E-state index contributed by atoms with van der Waals surface area (Å²) in [4.78, 5) is 22.1. The molecule has 1 N–H and O–H groups in total. The van der Waals surface area contributed by atoms with Gasteiger partial charge in [0.25, 0.3) is 5.56 Å². The topological polar surface area (TPSA) is 77.1 Å². The van der Waals surface area contributed by atoms with Gasteiger partial charge in [0.1, 0.15) is 6.54 Å². The maximum Gasteiger partial charge on any atom is 0.325 e. The van der Waals surface area contributed by atoms with Crippen molar-refractivity contribution >= 4 is 16.9 Å². The minimum atomic E-state index is -0.985. The standard InChI is InChI=1S/C9H9N3O3/c1-11-3-2-7-6(9(11)15)4-10-12(7)5-8(13)14/h2-4H,5H2,1H3,(H,13,14). The lowest BCUT2D eigenvalue weighted by Crippen LogP contribution is -2.16. The zero-order valence-corrected chi connectivity index (χ0v) is 8.04. The van der Waals surface area contributed by atoms with Crippen LogP contribution in [0.1, 0.15) is 0 Å². The summed E-state index contributed by atoms with van der Waals surface area (Å²) in [5.74, 6) is -0.985. The average Bonchev–Trinajstić information content (AvgIpc) is 2.55. The summed E-state index contributed by atoms with van der Waals surface area (Å²) in [6.45, 7) is -0.239. The molecule has 0 aliphatic rings. The van der Waals surface area contributed by atoms with Crippen molar-refractivity contribution in [1.29, 1.82) is 0 Å². The van der Waals surface area contributed by atoms with Gasteiger partial charge < -0.3 is 9.67 Å². The van der Waals surface area contributed by atoms with E-state index in [0.29, 0.717) is 10.9 Å². The van der Waals surface area contributed by atoms with Crippen LogP contribution in [0.3, 0.4) is 0 Å². The van der Waals surface area contributed by atoms with Crippen LogP contribution >= 0.6 is 0 Å². The highest BCUT2D eigenvalue weighted by Gasteiger charge is 2.08. The summed E-state index contributed by atoms with van der Waals surface area (Å²) >= 11 is 0. The van der Waals surface area contributed by atoms with Crippen LogP contribution in [-0.2, 0) is 18.4 Å². The lowest BCUT2D eigenvalue weighted by Gasteiger charge is -1.99. The van der Waals surface area contributed by atoms with Gasteiger partial charge in [-0.15, -0.1) is 0 Å². The monoisotopic (exact) mass is 207 g/mol. The van der Waals surface area contributed by atoms with E-state index in [1.54, 1.807) is 19.3 Å². The highest BCUT2D eigenvalue weighted by Crippen LogP contribution is 2.07. The number of carboxylic acid groups (broad SMARTS) is 1. The molecule has 0 aliphatic heterocycles. The first kappa shape index (κ1) is 9.45. The number of aromatic nitrogens is 3. The maximum atomic E-state index is 11.6. The molecule has 15 heavy (non-hydrogen) atoms. The fraction of sp³-hybridized carbons (Fsp3) is 0.222. The molecule has 0 amide bonds. The molecule has 0 fully saturated rings. The SMILES string of the molecule is Cn1ccc2c(cnn2CC(=O)O)c1=O. The number of hydrogen-bond acceptors (Lipinski definition) is 3. The molecule has 78 valence electrons. The summed E-state index contributed by atoms with van der Waals surface area (Å²) in [7, 11) is 1.64. The quantitative estimate of drug-likeness (QED) is 0.741. The van der Waals surface area contributed by atoms with Crippen molar-refractivity contribution in [1.82, 2.24) is 14.3 Å². The lowest BCUT2D eigenvalue weighted by atomic mass is 10.3. The fourth-order valence-electron chi connectivity index (χ4n) is 1.43. The average molecular weight is 207 g/mol. The molecule has 2 heterocycles. The molecule has 0 bridgehead atoms. The Bertz CT molecular complexity index is 582. The number of hydrogen-bond donors (Lipinski definition) is 1. The summed E-state index contributed by atoms with van der Waals surface area (Å²) < 4.78 is 2.72. The number of aryl methyl sites for hydroxylation is 1. The molecule has 2 rings (SSSR count). The van der Waals surface area contributed by atoms with Crippen molar-refractivity contribution in [3.63, 3.8) is 0 Å². The molecule has 0 spiro atoms. The van der Waals surface area contributed by atoms with E-state index in [9.17, 15) is 9.59 Å². The Morgan fingerprint density at radius 1 is 1.60 bits per heavy atom. The van der Waals surface area contributed by atoms with Gasteiger partial charge in [0, 0.05) is 13.2 Å². The number of carboxylic acids is 1. The second kappa shape index (κ2) is 3.23. The van der Waals surface area contributed by atoms with Crippen LogP contribution in [0, 0.1) is 0 Å². The molecule has 6 nitrogen and oxygen atoms in total. The van der Waals surface area contributed by atoms with Gasteiger partial charge in [0.2, 0.25) is 0 Å². The molecule has 0 radical (unpaired) electrons. The van der Waals surface area contributed by atoms with Gasteiger partial charge in [-0.3, -0.25) is 14.3 Å². The molecular formula is C9H9N3O3. The smallest absolute Gasteiger partial charge is 0.325 e. The molecule has 2 aromatic rings. The molecule has 0 unspecified atom stereocenters. The van der Waals surface area contributed by atoms with Gasteiger partial charge >= 0.3 is 5.97 Å². The molecule has 2 aromatic heterocycles. The van der Waals surface area contributed by atoms with Gasteiger partial charge in [0.05, 0.1) is 17.1 Å². The van der Waals surface area contributed by atoms with Gasteiger partial charge in [-0.2, -0.15) is 5.10 Å². The van der Waals surface area contributed by atoms with Crippen molar-refractivity contribution in [2.75, 3.05) is 0 Å². The van der Waals surface area contributed by atoms with E-state index in [0.717, 1.165) is 0 Å². The van der Waals surface area contributed by atoms with Gasteiger partial charge in [-0.1, -0.05) is 0 Å². The minimum absolute atomic E-state index is 0.177. The predicted molar refractivity (Wildman–Crippen MR) is 52.6 cm³/mol. The van der Waals surface area contributed by atoms with E-state index in [1.807, 2.05) is 0 Å². The van der Waals surface area contributed by atoms with Gasteiger partial charge in [0.15, 0.2) is 0 Å². The van der Waals surface area contributed by atoms with Crippen LogP contribution in [-0.4, -0.2) is 25.4 Å². The molecule has 0 saturated carbocycles. The third kappa shape index (κ3) is 1.50. The van der Waals surface area contributed by atoms with Crippen molar-refractivity contribution in [2.24, 2.45) is 7.05 Å². The Hall–Kier alpha value is -2.11. The van der Waals surface area contributed by atoms with Gasteiger partial charge in [-0.05, 0) is 6.07 Å². The van der Waals surface area contributed by atoms with Crippen molar-refractivity contribution in [3.8, 4) is 0 Å². The first-order valence-corrected chi connectivity index (χ1v) is 4.32. The first-order valence-electron chi connectivity index (χ1n) is 4.32. The molecule has 0 saturated heterocycles. The second-order valence-corrected chi connectivity index (χ2v) is 3.23. The highest BCUT2D eigenvalue weighted by molar-refractivity contribution is 5.79. The van der Waals surface area contributed by atoms with Crippen LogP contribution in [0.15, 0.2) is 23.3 Å². The number of carbonyl (C=O) groups is 1. The third-order valence-electron chi connectivity index (χ3n) is 2.17. The van der Waals surface area contributed by atoms with Crippen LogP contribution < -0.4 is 5.56 Å². The highest BCUT2D eigenvalue weighted by atomic mass is 16.4. The van der Waals surface area contributed by atoms with E-state index in [1.165, 1.54) is 15.4 Å². The summed E-state index contributed by atoms with van der Waals surface area (Å²) in [6.07, 6.45) is 2.98. The largest absolute Gasteiger partial charge is 0.480 e. The second-order valence-electron chi connectivity index (χ2n) is 3.23. The van der Waals surface area contributed by atoms with Crippen LogP contribution in [0.5, 0.6) is 0 Å². The van der Waals surface area contributed by atoms with Crippen LogP contribution in [0.2, 0.25) is 0 Å². The zero-order valence-electron chi connectivity index (χ0n) is 8.04. The number of pyridine rings is 1. The first-order chi connectivity index (χ1) is 7.09. The molecular weight excluding hydrogens is 198 g/mol. The van der Waals surface area contributed by atoms with E-state index >= 15 is 0 Å².